The zero-order chi connectivity index (χ0) is 15.4. The fourth-order valence-corrected chi connectivity index (χ4v) is 3.31. The number of likely N-dealkylation sites (N-methyl/N-ethyl adjacent to an activating group) is 1. The molecule has 1 aliphatic heterocycles. The minimum absolute atomic E-state index is 0.564. The molecule has 2 rings (SSSR count). The predicted molar refractivity (Wildman–Crippen MR) is 90.1 cm³/mol. The highest BCUT2D eigenvalue weighted by Gasteiger charge is 2.32. The van der Waals surface area contributed by atoms with Crippen molar-refractivity contribution in [1.82, 2.24) is 15.2 Å². The number of rotatable bonds is 6. The average molecular weight is 311 g/mol. The van der Waals surface area contributed by atoms with Crippen molar-refractivity contribution in [3.8, 4) is 0 Å². The monoisotopic (exact) mass is 310 g/mol. The summed E-state index contributed by atoms with van der Waals surface area (Å²) in [5.41, 5.74) is 1.15. The van der Waals surface area contributed by atoms with Crippen LogP contribution in [0.15, 0.2) is 12.3 Å². The maximum atomic E-state index is 6.45. The number of halogens is 1. The predicted octanol–water partition coefficient (Wildman–Crippen LogP) is 2.62. The molecular weight excluding hydrogens is 284 g/mol. The standard InChI is InChI=1S/C16H27ClN4/c1-5-6-18-8-13-7-14(17)16(19-9-13)21-10-12(2)15(11-21)20(3)4/h7,9,12,15,18H,5-6,8,10-11H2,1-4H3. The van der Waals surface area contributed by atoms with Crippen LogP contribution >= 0.6 is 11.6 Å². The first-order chi connectivity index (χ1) is 10.0. The smallest absolute Gasteiger partial charge is 0.147 e. The Morgan fingerprint density at radius 2 is 2.19 bits per heavy atom. The van der Waals surface area contributed by atoms with E-state index in [1.807, 2.05) is 12.3 Å². The second-order valence-electron chi connectivity index (χ2n) is 6.24. The Morgan fingerprint density at radius 3 is 2.76 bits per heavy atom. The van der Waals surface area contributed by atoms with Gasteiger partial charge in [-0.2, -0.15) is 0 Å². The van der Waals surface area contributed by atoms with Crippen molar-refractivity contribution in [2.45, 2.75) is 32.9 Å². The topological polar surface area (TPSA) is 31.4 Å². The van der Waals surface area contributed by atoms with Gasteiger partial charge in [0.05, 0.1) is 5.02 Å². The Kier molecular flexibility index (Phi) is 5.85. The van der Waals surface area contributed by atoms with Crippen molar-refractivity contribution in [3.05, 3.63) is 22.8 Å². The van der Waals surface area contributed by atoms with E-state index >= 15 is 0 Å². The van der Waals surface area contributed by atoms with E-state index in [9.17, 15) is 0 Å². The fourth-order valence-electron chi connectivity index (χ4n) is 3.00. The van der Waals surface area contributed by atoms with Crippen LogP contribution < -0.4 is 10.2 Å². The number of hydrogen-bond donors (Lipinski definition) is 1. The molecule has 2 unspecified atom stereocenters. The third kappa shape index (κ3) is 4.09. The Bertz CT molecular complexity index is 464. The van der Waals surface area contributed by atoms with Crippen LogP contribution in [0.25, 0.3) is 0 Å². The van der Waals surface area contributed by atoms with Crippen LogP contribution in [-0.2, 0) is 6.54 Å². The summed E-state index contributed by atoms with van der Waals surface area (Å²) in [4.78, 5) is 9.20. The van der Waals surface area contributed by atoms with Crippen LogP contribution in [0.3, 0.4) is 0 Å². The van der Waals surface area contributed by atoms with E-state index in [0.29, 0.717) is 12.0 Å². The van der Waals surface area contributed by atoms with E-state index in [-0.39, 0.29) is 0 Å². The number of hydrogen-bond acceptors (Lipinski definition) is 4. The third-order valence-corrected chi connectivity index (χ3v) is 4.45. The summed E-state index contributed by atoms with van der Waals surface area (Å²) in [6.45, 7) is 8.32. The van der Waals surface area contributed by atoms with Crippen molar-refractivity contribution < 1.29 is 0 Å². The van der Waals surface area contributed by atoms with Crippen LogP contribution in [0.4, 0.5) is 5.82 Å². The summed E-state index contributed by atoms with van der Waals surface area (Å²) in [7, 11) is 4.28. The van der Waals surface area contributed by atoms with Crippen LogP contribution in [0.5, 0.6) is 0 Å². The number of aromatic nitrogens is 1. The zero-order valence-corrected chi connectivity index (χ0v) is 14.3. The molecule has 0 spiro atoms. The number of nitrogens with one attached hydrogen (secondary N) is 1. The van der Waals surface area contributed by atoms with Gasteiger partial charge in [-0.3, -0.25) is 0 Å². The number of nitrogens with zero attached hydrogens (tertiary/aromatic N) is 3. The molecule has 5 heteroatoms. The molecule has 0 aromatic carbocycles. The lowest BCUT2D eigenvalue weighted by Crippen LogP contribution is -2.34. The lowest BCUT2D eigenvalue weighted by molar-refractivity contribution is 0.266. The summed E-state index contributed by atoms with van der Waals surface area (Å²) in [6, 6.07) is 2.61. The normalized spacial score (nSPS) is 22.3. The maximum absolute atomic E-state index is 6.45. The molecule has 2 atom stereocenters. The first-order valence-corrected chi connectivity index (χ1v) is 8.17. The van der Waals surface area contributed by atoms with Crippen molar-refractivity contribution in [2.75, 3.05) is 38.6 Å². The molecule has 1 aromatic rings. The lowest BCUT2D eigenvalue weighted by atomic mass is 10.1. The Morgan fingerprint density at radius 1 is 1.43 bits per heavy atom. The van der Waals surface area contributed by atoms with Crippen molar-refractivity contribution in [1.29, 1.82) is 0 Å². The van der Waals surface area contributed by atoms with Crippen molar-refractivity contribution >= 4 is 17.4 Å². The SMILES string of the molecule is CCCNCc1cnc(N2CC(C)C(N(C)C)C2)c(Cl)c1. The average Bonchev–Trinajstić information content (AvgIpc) is 2.81. The Labute approximate surface area is 133 Å². The molecular formula is C16H27ClN4. The minimum atomic E-state index is 0.564. The number of anilines is 1. The highest BCUT2D eigenvalue weighted by molar-refractivity contribution is 6.33. The van der Waals surface area contributed by atoms with Gasteiger partial charge in [-0.15, -0.1) is 0 Å². The molecule has 0 radical (unpaired) electrons. The van der Waals surface area contributed by atoms with Crippen LogP contribution in [0, 0.1) is 5.92 Å². The highest BCUT2D eigenvalue weighted by atomic mass is 35.5. The highest BCUT2D eigenvalue weighted by Crippen LogP contribution is 2.30. The van der Waals surface area contributed by atoms with E-state index in [1.54, 1.807) is 0 Å². The fraction of sp³-hybridized carbons (Fsp3) is 0.688. The third-order valence-electron chi connectivity index (χ3n) is 4.17. The van der Waals surface area contributed by atoms with Gasteiger partial charge in [-0.25, -0.2) is 4.98 Å². The molecule has 0 aliphatic carbocycles. The van der Waals surface area contributed by atoms with Crippen molar-refractivity contribution in [2.24, 2.45) is 5.92 Å². The summed E-state index contributed by atoms with van der Waals surface area (Å²) >= 11 is 6.45. The minimum Gasteiger partial charge on any atom is -0.353 e. The van der Waals surface area contributed by atoms with E-state index in [4.69, 9.17) is 11.6 Å². The molecule has 118 valence electrons. The molecule has 0 bridgehead atoms. The molecule has 1 aliphatic rings. The van der Waals surface area contributed by atoms with Crippen molar-refractivity contribution in [3.63, 3.8) is 0 Å². The zero-order valence-electron chi connectivity index (χ0n) is 13.6. The first-order valence-electron chi connectivity index (χ1n) is 7.79. The second kappa shape index (κ2) is 7.43. The number of pyridine rings is 1. The van der Waals surface area contributed by atoms with Crippen LogP contribution in [0.2, 0.25) is 5.02 Å². The largest absolute Gasteiger partial charge is 0.353 e. The van der Waals surface area contributed by atoms with Gasteiger partial charge >= 0.3 is 0 Å². The van der Waals surface area contributed by atoms with Gasteiger partial charge in [0.2, 0.25) is 0 Å². The van der Waals surface area contributed by atoms with E-state index in [1.165, 1.54) is 0 Å². The molecule has 1 aromatic heterocycles. The van der Waals surface area contributed by atoms with E-state index in [2.05, 4.69) is 48.0 Å². The Balaban J connectivity index is 2.04. The summed E-state index contributed by atoms with van der Waals surface area (Å²) in [5, 5.41) is 4.14. The second-order valence-corrected chi connectivity index (χ2v) is 6.65. The van der Waals surface area contributed by atoms with Crippen LogP contribution in [-0.4, -0.2) is 49.7 Å². The summed E-state index contributed by atoms with van der Waals surface area (Å²) < 4.78 is 0. The molecule has 2 heterocycles. The van der Waals surface area contributed by atoms with Gasteiger partial charge in [0.15, 0.2) is 0 Å². The molecule has 1 fully saturated rings. The first kappa shape index (κ1) is 16.5. The Hall–Kier alpha value is -0.840. The van der Waals surface area contributed by atoms with E-state index < -0.39 is 0 Å². The van der Waals surface area contributed by atoms with Gasteiger partial charge in [0.1, 0.15) is 5.82 Å². The van der Waals surface area contributed by atoms with Gasteiger partial charge in [0.25, 0.3) is 0 Å². The van der Waals surface area contributed by atoms with Crippen LogP contribution in [0.1, 0.15) is 25.8 Å². The molecule has 0 amide bonds. The van der Waals surface area contributed by atoms with Gasteiger partial charge < -0.3 is 15.1 Å². The quantitative estimate of drug-likeness (QED) is 0.819. The van der Waals surface area contributed by atoms with Gasteiger partial charge in [-0.05, 0) is 44.6 Å². The summed E-state index contributed by atoms with van der Waals surface area (Å²) in [6.07, 6.45) is 3.08. The molecule has 1 N–H and O–H groups in total. The summed E-state index contributed by atoms with van der Waals surface area (Å²) in [5.74, 6) is 1.55. The maximum Gasteiger partial charge on any atom is 0.147 e. The molecule has 0 saturated carbocycles. The van der Waals surface area contributed by atoms with E-state index in [0.717, 1.165) is 49.0 Å². The molecule has 1 saturated heterocycles. The van der Waals surface area contributed by atoms with Gasteiger partial charge in [-0.1, -0.05) is 25.4 Å². The lowest BCUT2D eigenvalue weighted by Gasteiger charge is -2.23. The molecule has 4 nitrogen and oxygen atoms in total. The van der Waals surface area contributed by atoms with Gasteiger partial charge in [0, 0.05) is 31.9 Å². The molecule has 21 heavy (non-hydrogen) atoms.